The first-order valence-electron chi connectivity index (χ1n) is 12.8. The molecule has 200 valence electrons. The normalized spacial score (nSPS) is 23.1. The third-order valence-corrected chi connectivity index (χ3v) is 8.32. The van der Waals surface area contributed by atoms with Crippen molar-refractivity contribution in [1.82, 2.24) is 10.3 Å². The second-order valence-electron chi connectivity index (χ2n) is 10.7. The number of allylic oxidation sites excluding steroid dienone is 4. The summed E-state index contributed by atoms with van der Waals surface area (Å²) in [6, 6.07) is 4.38. The number of carbonyl (C=O) groups is 3. The van der Waals surface area contributed by atoms with E-state index in [0.717, 1.165) is 41.4 Å². The molecule has 2 heterocycles. The van der Waals surface area contributed by atoms with Crippen molar-refractivity contribution in [3.8, 4) is 17.2 Å². The second-order valence-corrected chi connectivity index (χ2v) is 10.7. The van der Waals surface area contributed by atoms with Crippen molar-refractivity contribution in [3.63, 3.8) is 0 Å². The third kappa shape index (κ3) is 3.32. The Balaban J connectivity index is 1.45. The average Bonchev–Trinajstić information content (AvgIpc) is 3.39. The van der Waals surface area contributed by atoms with E-state index in [1.165, 1.54) is 39.0 Å². The number of halogens is 1. The van der Waals surface area contributed by atoms with Crippen LogP contribution in [0.2, 0.25) is 0 Å². The van der Waals surface area contributed by atoms with Gasteiger partial charge in [0.05, 0.1) is 17.2 Å². The summed E-state index contributed by atoms with van der Waals surface area (Å²) in [6.07, 6.45) is 3.56. The molecule has 1 aromatic heterocycles. The monoisotopic (exact) mass is 530 g/mol. The third-order valence-electron chi connectivity index (χ3n) is 8.32. The molecule has 0 radical (unpaired) electrons. The minimum absolute atomic E-state index is 0.00977. The fourth-order valence-corrected chi connectivity index (χ4v) is 6.28. The minimum Gasteiger partial charge on any atom is -0.507 e. The van der Waals surface area contributed by atoms with Crippen LogP contribution >= 0.6 is 0 Å². The first kappa shape index (κ1) is 24.9. The molecule has 8 nitrogen and oxygen atoms in total. The number of benzene rings is 2. The highest BCUT2D eigenvalue weighted by molar-refractivity contribution is 6.31. The number of Topliss-reactive ketones (excluding diaryl/α,β-unsaturated/α-hetero) is 2. The van der Waals surface area contributed by atoms with Gasteiger partial charge in [0.2, 0.25) is 0 Å². The molecule has 3 aliphatic rings. The Labute approximate surface area is 223 Å². The van der Waals surface area contributed by atoms with Crippen LogP contribution in [0.25, 0.3) is 10.9 Å². The van der Waals surface area contributed by atoms with Gasteiger partial charge in [0.1, 0.15) is 39.8 Å². The molecule has 0 fully saturated rings. The molecular formula is C30H27FN2O6. The van der Waals surface area contributed by atoms with Gasteiger partial charge in [-0.3, -0.25) is 14.4 Å². The number of ketones is 3. The molecule has 2 atom stereocenters. The van der Waals surface area contributed by atoms with Crippen LogP contribution in [0, 0.1) is 12.7 Å². The number of phenols is 2. The van der Waals surface area contributed by atoms with Crippen molar-refractivity contribution in [1.29, 1.82) is 0 Å². The highest BCUT2D eigenvalue weighted by Crippen LogP contribution is 2.57. The summed E-state index contributed by atoms with van der Waals surface area (Å²) in [5, 5.41) is 25.7. The van der Waals surface area contributed by atoms with E-state index >= 15 is 0 Å². The van der Waals surface area contributed by atoms with E-state index in [2.05, 4.69) is 10.3 Å². The second kappa shape index (κ2) is 8.30. The number of aryl methyl sites for hydroxylation is 1. The molecule has 2 aromatic carbocycles. The molecule has 1 unspecified atom stereocenters. The van der Waals surface area contributed by atoms with Crippen molar-refractivity contribution in [2.24, 2.45) is 0 Å². The number of rotatable bonds is 3. The van der Waals surface area contributed by atoms with E-state index in [9.17, 15) is 29.0 Å². The van der Waals surface area contributed by atoms with Gasteiger partial charge in [-0.25, -0.2) is 4.39 Å². The molecule has 1 aliphatic heterocycles. The molecule has 3 aromatic rings. The van der Waals surface area contributed by atoms with Gasteiger partial charge in [0.25, 0.3) is 0 Å². The molecule has 6 rings (SSSR count). The zero-order valence-corrected chi connectivity index (χ0v) is 21.9. The van der Waals surface area contributed by atoms with Gasteiger partial charge in [0, 0.05) is 33.9 Å². The van der Waals surface area contributed by atoms with E-state index < -0.39 is 28.5 Å². The molecule has 9 heteroatoms. The summed E-state index contributed by atoms with van der Waals surface area (Å²) >= 11 is 0. The highest BCUT2D eigenvalue weighted by atomic mass is 19.1. The lowest BCUT2D eigenvalue weighted by molar-refractivity contribution is -0.123. The Morgan fingerprint density at radius 3 is 2.67 bits per heavy atom. The molecule has 0 amide bonds. The first-order chi connectivity index (χ1) is 18.4. The maximum absolute atomic E-state index is 14.1. The number of ether oxygens (including phenoxy) is 1. The van der Waals surface area contributed by atoms with Gasteiger partial charge in [-0.05, 0) is 70.7 Å². The topological polar surface area (TPSA) is 129 Å². The van der Waals surface area contributed by atoms with Crippen molar-refractivity contribution in [2.75, 3.05) is 0 Å². The number of aromatic amines is 1. The largest absolute Gasteiger partial charge is 0.507 e. The van der Waals surface area contributed by atoms with Gasteiger partial charge in [-0.2, -0.15) is 0 Å². The average molecular weight is 531 g/mol. The molecule has 4 N–H and O–H groups in total. The SMILES string of the molecule is CC(=O)c1c(O)c(C)c(O)c2c1OC1=CC(=O)/C(=C(/C)NC3CCCc4c3[nH]c3ccc(F)cc43)C(=O)[C@]12C. The van der Waals surface area contributed by atoms with Crippen molar-refractivity contribution in [2.45, 2.75) is 58.4 Å². The van der Waals surface area contributed by atoms with Crippen LogP contribution in [-0.4, -0.2) is 32.5 Å². The quantitative estimate of drug-likeness (QED) is 0.216. The number of H-pyrrole nitrogens is 1. The lowest BCUT2D eigenvalue weighted by atomic mass is 9.70. The zero-order chi connectivity index (χ0) is 28.0. The molecule has 0 saturated heterocycles. The first-order valence-corrected chi connectivity index (χ1v) is 12.8. The summed E-state index contributed by atoms with van der Waals surface area (Å²) in [7, 11) is 0. The number of phenolic OH excluding ortho intramolecular Hbond substituents is 2. The molecule has 39 heavy (non-hydrogen) atoms. The van der Waals surface area contributed by atoms with Gasteiger partial charge >= 0.3 is 0 Å². The van der Waals surface area contributed by atoms with Gasteiger partial charge in [-0.15, -0.1) is 0 Å². The Hall–Kier alpha value is -4.40. The summed E-state index contributed by atoms with van der Waals surface area (Å²) in [4.78, 5) is 43.1. The van der Waals surface area contributed by atoms with E-state index in [4.69, 9.17) is 4.74 Å². The van der Waals surface area contributed by atoms with Gasteiger partial charge < -0.3 is 25.3 Å². The maximum Gasteiger partial charge on any atom is 0.194 e. The smallest absolute Gasteiger partial charge is 0.194 e. The van der Waals surface area contributed by atoms with Crippen molar-refractivity contribution >= 4 is 28.3 Å². The van der Waals surface area contributed by atoms with Crippen molar-refractivity contribution < 1.29 is 33.7 Å². The van der Waals surface area contributed by atoms with Crippen LogP contribution in [0.15, 0.2) is 41.3 Å². The lowest BCUT2D eigenvalue weighted by Gasteiger charge is -2.30. The number of aromatic hydroxyl groups is 2. The molecule has 0 spiro atoms. The molecule has 2 aliphatic carbocycles. The van der Waals surface area contributed by atoms with Crippen LogP contribution in [-0.2, 0) is 21.4 Å². The van der Waals surface area contributed by atoms with Crippen molar-refractivity contribution in [3.05, 3.63) is 75.1 Å². The van der Waals surface area contributed by atoms with Crippen LogP contribution in [0.4, 0.5) is 4.39 Å². The Bertz CT molecular complexity index is 1730. The van der Waals surface area contributed by atoms with E-state index in [-0.39, 0.29) is 51.4 Å². The van der Waals surface area contributed by atoms with E-state index in [1.807, 2.05) is 0 Å². The number of aromatic nitrogens is 1. The Morgan fingerprint density at radius 2 is 1.95 bits per heavy atom. The van der Waals surface area contributed by atoms with E-state index in [1.54, 1.807) is 13.0 Å². The molecular weight excluding hydrogens is 503 g/mol. The lowest BCUT2D eigenvalue weighted by Crippen LogP contribution is -2.41. The standard InChI is InChI=1S/C30H27FN2O6/c1-12-26(36)23(14(3)34)28-24(27(12)37)30(4)21(39-28)11-20(35)22(29(30)38)13(2)32-19-7-5-6-16-17-10-15(31)8-9-18(17)33-25(16)19/h8-11,19,32-33,36-37H,5-7H2,1-4H3/b22-13+/t19?,30-/m1/s1. The zero-order valence-electron chi connectivity index (χ0n) is 21.9. The summed E-state index contributed by atoms with van der Waals surface area (Å²) in [5.74, 6) is -2.90. The number of fused-ring (bicyclic) bond motifs is 6. The van der Waals surface area contributed by atoms with Crippen LogP contribution in [0.1, 0.15) is 72.4 Å². The van der Waals surface area contributed by atoms with Gasteiger partial charge in [0.15, 0.2) is 17.3 Å². The predicted molar refractivity (Wildman–Crippen MR) is 140 cm³/mol. The highest BCUT2D eigenvalue weighted by Gasteiger charge is 2.56. The van der Waals surface area contributed by atoms with Gasteiger partial charge in [-0.1, -0.05) is 0 Å². The Kier molecular flexibility index (Phi) is 5.30. The summed E-state index contributed by atoms with van der Waals surface area (Å²) in [5.41, 5.74) is 1.37. The molecule has 0 saturated carbocycles. The number of hydrogen-bond donors (Lipinski definition) is 4. The number of nitrogens with one attached hydrogen (secondary N) is 2. The fourth-order valence-electron chi connectivity index (χ4n) is 6.28. The van der Waals surface area contributed by atoms with Crippen LogP contribution in [0.3, 0.4) is 0 Å². The number of hydrogen-bond acceptors (Lipinski definition) is 7. The maximum atomic E-state index is 14.1. The number of carbonyl (C=O) groups excluding carboxylic acids is 3. The minimum atomic E-state index is -1.58. The van der Waals surface area contributed by atoms with Crippen LogP contribution in [0.5, 0.6) is 17.2 Å². The summed E-state index contributed by atoms with van der Waals surface area (Å²) in [6.45, 7) is 5.88. The Morgan fingerprint density at radius 1 is 1.21 bits per heavy atom. The van der Waals surface area contributed by atoms with E-state index in [0.29, 0.717) is 5.70 Å². The summed E-state index contributed by atoms with van der Waals surface area (Å²) < 4.78 is 19.8. The fraction of sp³-hybridized carbons (Fsp3) is 0.300. The predicted octanol–water partition coefficient (Wildman–Crippen LogP) is 4.86. The molecule has 0 bridgehead atoms. The van der Waals surface area contributed by atoms with Crippen LogP contribution < -0.4 is 10.1 Å².